The van der Waals surface area contributed by atoms with Crippen molar-refractivity contribution in [2.45, 2.75) is 12.5 Å². The predicted octanol–water partition coefficient (Wildman–Crippen LogP) is 3.33. The number of aliphatic carboxylic acids is 1. The Labute approximate surface area is 157 Å². The van der Waals surface area contributed by atoms with Crippen LogP contribution in [-0.2, 0) is 11.2 Å². The van der Waals surface area contributed by atoms with E-state index in [0.717, 1.165) is 16.0 Å². The number of anilines is 1. The van der Waals surface area contributed by atoms with Gasteiger partial charge in [-0.3, -0.25) is 0 Å². The molecule has 9 heteroatoms. The van der Waals surface area contributed by atoms with E-state index < -0.39 is 12.0 Å². The topological polar surface area (TPSA) is 104 Å². The second-order valence-electron chi connectivity index (χ2n) is 5.87. The van der Waals surface area contributed by atoms with Crippen LogP contribution in [-0.4, -0.2) is 37.1 Å². The Kier molecular flexibility index (Phi) is 4.51. The molecule has 1 aromatic carbocycles. The monoisotopic (exact) mass is 383 g/mol. The summed E-state index contributed by atoms with van der Waals surface area (Å²) >= 11 is 1.42. The number of imidazole rings is 1. The van der Waals surface area contributed by atoms with Crippen LogP contribution in [0.5, 0.6) is 0 Å². The number of thiophene rings is 1. The van der Waals surface area contributed by atoms with Gasteiger partial charge in [0.2, 0.25) is 0 Å². The summed E-state index contributed by atoms with van der Waals surface area (Å²) in [6.07, 6.45) is 4.70. The Balaban J connectivity index is 1.73. The minimum absolute atomic E-state index is 0.219. The lowest BCUT2D eigenvalue weighted by Gasteiger charge is -2.15. The fourth-order valence-electron chi connectivity index (χ4n) is 2.81. The third-order valence-electron chi connectivity index (χ3n) is 4.11. The van der Waals surface area contributed by atoms with Crippen LogP contribution in [0.25, 0.3) is 21.3 Å². The molecule has 0 amide bonds. The molecule has 0 saturated carbocycles. The van der Waals surface area contributed by atoms with Crippen LogP contribution >= 0.6 is 11.3 Å². The number of carbonyl (C=O) groups is 1. The summed E-state index contributed by atoms with van der Waals surface area (Å²) in [4.78, 5) is 27.8. The van der Waals surface area contributed by atoms with Gasteiger partial charge in [0.1, 0.15) is 28.8 Å². The second-order valence-corrected chi connectivity index (χ2v) is 6.73. The number of halogens is 1. The van der Waals surface area contributed by atoms with Crippen molar-refractivity contribution in [2.24, 2.45) is 0 Å². The molecule has 0 aliphatic carbocycles. The van der Waals surface area contributed by atoms with Gasteiger partial charge >= 0.3 is 5.97 Å². The predicted molar refractivity (Wildman–Crippen MR) is 100 cm³/mol. The average molecular weight is 383 g/mol. The number of nitrogens with zero attached hydrogens (tertiary/aromatic N) is 3. The zero-order valence-electron chi connectivity index (χ0n) is 13.9. The lowest BCUT2D eigenvalue weighted by atomic mass is 10.1. The van der Waals surface area contributed by atoms with Crippen LogP contribution in [0.4, 0.5) is 10.2 Å². The minimum atomic E-state index is -1.00. The Bertz CT molecular complexity index is 1080. The molecule has 1 unspecified atom stereocenters. The van der Waals surface area contributed by atoms with E-state index >= 15 is 0 Å². The molecule has 4 rings (SSSR count). The lowest BCUT2D eigenvalue weighted by molar-refractivity contribution is -0.137. The average Bonchev–Trinajstić information content (AvgIpc) is 3.32. The van der Waals surface area contributed by atoms with E-state index in [-0.39, 0.29) is 12.2 Å². The van der Waals surface area contributed by atoms with Crippen LogP contribution in [0.3, 0.4) is 0 Å². The van der Waals surface area contributed by atoms with E-state index in [1.165, 1.54) is 36.1 Å². The molecular weight excluding hydrogens is 369 g/mol. The van der Waals surface area contributed by atoms with Crippen molar-refractivity contribution in [3.63, 3.8) is 0 Å². The van der Waals surface area contributed by atoms with Crippen LogP contribution < -0.4 is 5.32 Å². The maximum absolute atomic E-state index is 13.3. The molecule has 0 aliphatic rings. The summed E-state index contributed by atoms with van der Waals surface area (Å²) < 4.78 is 13.3. The molecule has 0 bridgehead atoms. The highest BCUT2D eigenvalue weighted by atomic mass is 32.1. The maximum Gasteiger partial charge on any atom is 0.326 e. The quantitative estimate of drug-likeness (QED) is 0.472. The Morgan fingerprint density at radius 3 is 2.81 bits per heavy atom. The van der Waals surface area contributed by atoms with Gasteiger partial charge in [0.05, 0.1) is 11.7 Å². The highest BCUT2D eigenvalue weighted by Gasteiger charge is 2.22. The van der Waals surface area contributed by atoms with Gasteiger partial charge in [0.15, 0.2) is 0 Å². The van der Waals surface area contributed by atoms with Gasteiger partial charge in [-0.25, -0.2) is 24.1 Å². The zero-order valence-corrected chi connectivity index (χ0v) is 14.7. The number of carboxylic acid groups (broad SMARTS) is 1. The molecule has 136 valence electrons. The van der Waals surface area contributed by atoms with Crippen LogP contribution in [0, 0.1) is 5.82 Å². The molecule has 3 heterocycles. The molecule has 0 saturated heterocycles. The number of H-pyrrole nitrogens is 1. The van der Waals surface area contributed by atoms with Crippen LogP contribution in [0.15, 0.2) is 48.5 Å². The molecule has 0 aliphatic heterocycles. The van der Waals surface area contributed by atoms with Crippen molar-refractivity contribution in [2.75, 3.05) is 5.32 Å². The van der Waals surface area contributed by atoms with E-state index in [1.54, 1.807) is 18.3 Å². The summed E-state index contributed by atoms with van der Waals surface area (Å²) in [5.74, 6) is -0.902. The summed E-state index contributed by atoms with van der Waals surface area (Å²) in [7, 11) is 0. The number of fused-ring (bicyclic) bond motifs is 1. The van der Waals surface area contributed by atoms with Crippen molar-refractivity contribution >= 4 is 33.3 Å². The number of aromatic amines is 1. The molecule has 0 fully saturated rings. The number of carboxylic acids is 1. The van der Waals surface area contributed by atoms with Crippen molar-refractivity contribution in [3.05, 3.63) is 60.0 Å². The van der Waals surface area contributed by atoms with Crippen LogP contribution in [0.2, 0.25) is 0 Å². The fourth-order valence-corrected chi connectivity index (χ4v) is 3.72. The SMILES string of the molecule is O=C(O)C(Cc1cnc[nH]1)Nc1ncnc2scc(-c3ccc(F)cc3)c12. The van der Waals surface area contributed by atoms with Crippen molar-refractivity contribution < 1.29 is 14.3 Å². The largest absolute Gasteiger partial charge is 0.480 e. The third kappa shape index (κ3) is 3.49. The van der Waals surface area contributed by atoms with Gasteiger partial charge in [-0.15, -0.1) is 11.3 Å². The molecule has 1 atom stereocenters. The molecule has 0 spiro atoms. The normalized spacial score (nSPS) is 12.2. The van der Waals surface area contributed by atoms with E-state index in [1.807, 2.05) is 5.38 Å². The number of aromatic nitrogens is 4. The number of hydrogen-bond acceptors (Lipinski definition) is 6. The van der Waals surface area contributed by atoms with E-state index in [2.05, 4.69) is 25.3 Å². The first-order chi connectivity index (χ1) is 13.1. The number of hydrogen-bond donors (Lipinski definition) is 3. The first-order valence-electron chi connectivity index (χ1n) is 8.06. The van der Waals surface area contributed by atoms with Gasteiger partial charge in [0.25, 0.3) is 0 Å². The van der Waals surface area contributed by atoms with E-state index in [9.17, 15) is 14.3 Å². The smallest absolute Gasteiger partial charge is 0.326 e. The summed E-state index contributed by atoms with van der Waals surface area (Å²) in [5.41, 5.74) is 2.33. The molecule has 3 N–H and O–H groups in total. The molecular formula is C18H14FN5O2S. The minimum Gasteiger partial charge on any atom is -0.480 e. The number of nitrogens with one attached hydrogen (secondary N) is 2. The standard InChI is InChI=1S/C18H14FN5O2S/c19-11-3-1-10(2-4-11)13-7-27-17-15(13)16(22-9-23-17)24-14(18(25)26)5-12-6-20-8-21-12/h1-4,6-9,14H,5H2,(H,20,21)(H,25,26)(H,22,23,24). The summed E-state index contributed by atoms with van der Waals surface area (Å²) in [6, 6.07) is 5.21. The van der Waals surface area contributed by atoms with Crippen LogP contribution in [0.1, 0.15) is 5.69 Å². The van der Waals surface area contributed by atoms with Gasteiger partial charge in [-0.2, -0.15) is 0 Å². The number of rotatable bonds is 6. The van der Waals surface area contributed by atoms with Gasteiger partial charge < -0.3 is 15.4 Å². The lowest BCUT2D eigenvalue weighted by Crippen LogP contribution is -2.32. The first kappa shape index (κ1) is 17.1. The Morgan fingerprint density at radius 2 is 2.11 bits per heavy atom. The zero-order chi connectivity index (χ0) is 18.8. The second kappa shape index (κ2) is 7.12. The highest BCUT2D eigenvalue weighted by Crippen LogP contribution is 2.36. The summed E-state index contributed by atoms with van der Waals surface area (Å²) in [6.45, 7) is 0. The van der Waals surface area contributed by atoms with Gasteiger partial charge in [-0.05, 0) is 17.7 Å². The number of benzene rings is 1. The molecule has 7 nitrogen and oxygen atoms in total. The maximum atomic E-state index is 13.3. The van der Waals surface area contributed by atoms with Crippen molar-refractivity contribution in [1.82, 2.24) is 19.9 Å². The van der Waals surface area contributed by atoms with E-state index in [0.29, 0.717) is 16.9 Å². The first-order valence-corrected chi connectivity index (χ1v) is 8.94. The molecule has 27 heavy (non-hydrogen) atoms. The Hall–Kier alpha value is -3.33. The third-order valence-corrected chi connectivity index (χ3v) is 5.00. The fraction of sp³-hybridized carbons (Fsp3) is 0.111. The molecule has 3 aromatic heterocycles. The van der Waals surface area contributed by atoms with Gasteiger partial charge in [-0.1, -0.05) is 12.1 Å². The van der Waals surface area contributed by atoms with Crippen molar-refractivity contribution in [3.8, 4) is 11.1 Å². The van der Waals surface area contributed by atoms with Gasteiger partial charge in [0, 0.05) is 29.3 Å². The molecule has 4 aromatic rings. The van der Waals surface area contributed by atoms with E-state index in [4.69, 9.17) is 0 Å². The Morgan fingerprint density at radius 1 is 1.30 bits per heavy atom. The van der Waals surface area contributed by atoms with Crippen molar-refractivity contribution in [1.29, 1.82) is 0 Å². The molecule has 0 radical (unpaired) electrons. The highest BCUT2D eigenvalue weighted by molar-refractivity contribution is 7.17. The summed E-state index contributed by atoms with van der Waals surface area (Å²) in [5, 5.41) is 15.2.